The molecule has 0 bridgehead atoms. The number of aromatic nitrogens is 2. The molecule has 2 aromatic carbocycles. The average molecular weight is 702 g/mol. The molecule has 11 nitrogen and oxygen atoms in total. The molecule has 2 amide bonds. The zero-order chi connectivity index (χ0) is 35.7. The number of rotatable bonds is 14. The largest absolute Gasteiger partial charge is 0.480 e. The first kappa shape index (κ1) is 36.7. The monoisotopic (exact) mass is 701 g/mol. The highest BCUT2D eigenvalue weighted by molar-refractivity contribution is 7.92. The van der Waals surface area contributed by atoms with Crippen LogP contribution in [0.3, 0.4) is 0 Å². The Hall–Kier alpha value is -4.58. The predicted molar refractivity (Wildman–Crippen MR) is 193 cm³/mol. The summed E-state index contributed by atoms with van der Waals surface area (Å²) in [6.45, 7) is 0.714. The van der Waals surface area contributed by atoms with Crippen LogP contribution in [-0.2, 0) is 31.0 Å². The van der Waals surface area contributed by atoms with Crippen LogP contribution in [0.4, 0.5) is 5.69 Å². The first-order chi connectivity index (χ1) is 24.0. The Morgan fingerprint density at radius 2 is 1.56 bits per heavy atom. The van der Waals surface area contributed by atoms with Crippen molar-refractivity contribution in [2.24, 2.45) is 17.8 Å². The van der Waals surface area contributed by atoms with Gasteiger partial charge in [-0.2, -0.15) is 0 Å². The van der Waals surface area contributed by atoms with E-state index in [-0.39, 0.29) is 6.54 Å². The molecule has 0 spiro atoms. The highest BCUT2D eigenvalue weighted by Gasteiger charge is 2.28. The Labute approximate surface area is 294 Å². The molecule has 1 atom stereocenters. The van der Waals surface area contributed by atoms with E-state index in [1.165, 1.54) is 44.1 Å². The number of hydrogen-bond acceptors (Lipinski definition) is 7. The van der Waals surface area contributed by atoms with Gasteiger partial charge in [0.2, 0.25) is 21.8 Å². The molecule has 1 aromatic heterocycles. The van der Waals surface area contributed by atoms with E-state index in [1.807, 2.05) is 24.5 Å². The number of carboxylic acids is 1. The minimum atomic E-state index is -3.78. The quantitative estimate of drug-likeness (QED) is 0.223. The molecular weight excluding hydrogens is 655 g/mol. The van der Waals surface area contributed by atoms with Crippen molar-refractivity contribution >= 4 is 39.1 Å². The van der Waals surface area contributed by atoms with Crippen molar-refractivity contribution < 1.29 is 27.9 Å². The Bertz CT molecular complexity index is 1760. The molecule has 2 aliphatic carbocycles. The number of carbonyl (C=O) groups excluding carboxylic acids is 2. The molecule has 2 aliphatic rings. The SMILES string of the molecule is CCC1CCC(C2CC=C(c3cnc(-c4ccc(CN(CC(=O)O)C(=O)CNC(=O)CN(c5ccccc5)S(C)(=O)=O)cc4)nc3)CC2)CC1. The van der Waals surface area contributed by atoms with Gasteiger partial charge >= 0.3 is 5.97 Å². The smallest absolute Gasteiger partial charge is 0.323 e. The van der Waals surface area contributed by atoms with E-state index < -0.39 is 47.4 Å². The van der Waals surface area contributed by atoms with Gasteiger partial charge < -0.3 is 15.3 Å². The summed E-state index contributed by atoms with van der Waals surface area (Å²) in [4.78, 5) is 47.6. The van der Waals surface area contributed by atoms with E-state index in [9.17, 15) is 27.9 Å². The number of nitrogens with zero attached hydrogens (tertiary/aromatic N) is 4. The van der Waals surface area contributed by atoms with Crippen LogP contribution < -0.4 is 9.62 Å². The molecule has 0 radical (unpaired) electrons. The van der Waals surface area contributed by atoms with Crippen LogP contribution in [0, 0.1) is 17.8 Å². The fraction of sp³-hybridized carbons (Fsp3) is 0.447. The third-order valence-corrected chi connectivity index (χ3v) is 11.2. The number of aliphatic carboxylic acids is 1. The maximum atomic E-state index is 13.0. The van der Waals surface area contributed by atoms with Crippen LogP contribution in [0.5, 0.6) is 0 Å². The number of carboxylic acid groups (broad SMARTS) is 1. The van der Waals surface area contributed by atoms with Gasteiger partial charge in [-0.1, -0.05) is 74.7 Å². The number of benzene rings is 2. The van der Waals surface area contributed by atoms with Gasteiger partial charge in [0.25, 0.3) is 0 Å². The standard InChI is InChI=1S/C38H47N5O6S/c1-3-27-9-13-29(14-10-27)30-17-19-31(20-18-30)33-21-40-38(41-22-33)32-15-11-28(12-16-32)24-42(26-37(46)47)36(45)23-39-35(44)25-43(50(2,48)49)34-7-5-4-6-8-34/h4-8,11-12,15-16,19,21-22,27,29-30H,3,9-10,13-14,17-18,20,23-26H2,1-2H3,(H,39,44)(H,46,47). The third kappa shape index (κ3) is 9.99. The first-order valence-electron chi connectivity index (χ1n) is 17.4. The molecule has 12 heteroatoms. The minimum absolute atomic E-state index is 0.00422. The zero-order valence-corrected chi connectivity index (χ0v) is 29.6. The number of hydrogen-bond donors (Lipinski definition) is 2. The number of nitrogens with one attached hydrogen (secondary N) is 1. The Balaban J connectivity index is 1.15. The minimum Gasteiger partial charge on any atom is -0.480 e. The Morgan fingerprint density at radius 3 is 2.14 bits per heavy atom. The van der Waals surface area contributed by atoms with Gasteiger partial charge in [-0.05, 0) is 73.1 Å². The number of allylic oxidation sites excluding steroid dienone is 2. The molecule has 1 heterocycles. The van der Waals surface area contributed by atoms with Crippen LogP contribution in [0.2, 0.25) is 0 Å². The fourth-order valence-electron chi connectivity index (χ4n) is 7.10. The maximum absolute atomic E-state index is 13.0. The predicted octanol–water partition coefficient (Wildman–Crippen LogP) is 5.54. The molecule has 3 aromatic rings. The van der Waals surface area contributed by atoms with Crippen LogP contribution in [0.15, 0.2) is 73.1 Å². The van der Waals surface area contributed by atoms with Crippen LogP contribution in [0.1, 0.15) is 69.4 Å². The van der Waals surface area contributed by atoms with E-state index in [2.05, 4.69) is 28.3 Å². The normalized spacial score (nSPS) is 19.2. The molecule has 0 saturated heterocycles. The molecule has 1 fully saturated rings. The second-order valence-electron chi connectivity index (χ2n) is 13.5. The van der Waals surface area contributed by atoms with E-state index in [4.69, 9.17) is 0 Å². The van der Waals surface area contributed by atoms with Gasteiger partial charge in [-0.15, -0.1) is 0 Å². The third-order valence-electron chi connectivity index (χ3n) is 10.0. The molecule has 1 saturated carbocycles. The summed E-state index contributed by atoms with van der Waals surface area (Å²) in [5.41, 5.74) is 4.15. The van der Waals surface area contributed by atoms with Gasteiger partial charge in [0, 0.05) is 30.1 Å². The fourth-order valence-corrected chi connectivity index (χ4v) is 7.95. The van der Waals surface area contributed by atoms with E-state index in [0.29, 0.717) is 17.1 Å². The second kappa shape index (κ2) is 16.9. The zero-order valence-electron chi connectivity index (χ0n) is 28.8. The lowest BCUT2D eigenvalue weighted by Crippen LogP contribution is -2.45. The average Bonchev–Trinajstić information content (AvgIpc) is 3.13. The molecule has 266 valence electrons. The van der Waals surface area contributed by atoms with Gasteiger partial charge in [0.05, 0.1) is 18.5 Å². The Morgan fingerprint density at radius 1 is 0.880 bits per heavy atom. The molecular formula is C38H47N5O6S. The van der Waals surface area contributed by atoms with Crippen molar-refractivity contribution in [2.45, 2.75) is 64.8 Å². The lowest BCUT2D eigenvalue weighted by Gasteiger charge is -2.35. The second-order valence-corrected chi connectivity index (χ2v) is 15.4. The number of amides is 2. The van der Waals surface area contributed by atoms with Crippen LogP contribution in [-0.4, -0.2) is 72.1 Å². The lowest BCUT2D eigenvalue weighted by molar-refractivity contribution is -0.144. The van der Waals surface area contributed by atoms with Gasteiger partial charge in [0.15, 0.2) is 5.82 Å². The van der Waals surface area contributed by atoms with Crippen molar-refractivity contribution in [1.82, 2.24) is 20.2 Å². The Kier molecular flexibility index (Phi) is 12.4. The summed E-state index contributed by atoms with van der Waals surface area (Å²) in [6, 6.07) is 15.4. The van der Waals surface area contributed by atoms with Crippen molar-refractivity contribution in [1.29, 1.82) is 0 Å². The molecule has 1 unspecified atom stereocenters. The summed E-state index contributed by atoms with van der Waals surface area (Å²) in [5, 5.41) is 11.9. The number of para-hydroxylation sites is 1. The summed E-state index contributed by atoms with van der Waals surface area (Å²) in [7, 11) is -3.78. The summed E-state index contributed by atoms with van der Waals surface area (Å²) >= 11 is 0. The van der Waals surface area contributed by atoms with Crippen LogP contribution >= 0.6 is 0 Å². The van der Waals surface area contributed by atoms with Crippen molar-refractivity contribution in [3.8, 4) is 11.4 Å². The van der Waals surface area contributed by atoms with Crippen molar-refractivity contribution in [2.75, 3.05) is 30.2 Å². The molecule has 0 aliphatic heterocycles. The number of carbonyl (C=O) groups is 3. The highest BCUT2D eigenvalue weighted by atomic mass is 32.2. The van der Waals surface area contributed by atoms with E-state index in [0.717, 1.165) is 57.2 Å². The van der Waals surface area contributed by atoms with E-state index in [1.54, 1.807) is 42.5 Å². The highest BCUT2D eigenvalue weighted by Crippen LogP contribution is 2.41. The maximum Gasteiger partial charge on any atom is 0.323 e. The number of sulfonamides is 1. The number of anilines is 1. The summed E-state index contributed by atoms with van der Waals surface area (Å²) in [5.74, 6) is 0.608. The van der Waals surface area contributed by atoms with Crippen molar-refractivity contribution in [3.63, 3.8) is 0 Å². The molecule has 5 rings (SSSR count). The summed E-state index contributed by atoms with van der Waals surface area (Å²) < 4.78 is 25.5. The first-order valence-corrected chi connectivity index (χ1v) is 19.2. The van der Waals surface area contributed by atoms with Gasteiger partial charge in [-0.25, -0.2) is 18.4 Å². The van der Waals surface area contributed by atoms with E-state index >= 15 is 0 Å². The van der Waals surface area contributed by atoms with Crippen molar-refractivity contribution in [3.05, 3.63) is 84.2 Å². The van der Waals surface area contributed by atoms with Gasteiger partial charge in [0.1, 0.15) is 13.1 Å². The topological polar surface area (TPSA) is 150 Å². The molecule has 2 N–H and O–H groups in total. The lowest BCUT2D eigenvalue weighted by atomic mass is 9.71. The molecule has 50 heavy (non-hydrogen) atoms. The van der Waals surface area contributed by atoms with Gasteiger partial charge in [-0.3, -0.25) is 18.7 Å². The van der Waals surface area contributed by atoms with Crippen LogP contribution in [0.25, 0.3) is 17.0 Å². The summed E-state index contributed by atoms with van der Waals surface area (Å²) in [6.07, 6.45) is 17.4.